The van der Waals surface area contributed by atoms with E-state index in [1.165, 1.54) is 6.34 Å². The van der Waals surface area contributed by atoms with Gasteiger partial charge in [-0.3, -0.25) is 4.79 Å². The van der Waals surface area contributed by atoms with Crippen LogP contribution < -0.4 is 4.90 Å². The highest BCUT2D eigenvalue weighted by atomic mass is 16.6. The number of benzene rings is 1. The Kier molecular flexibility index (Phi) is 6.23. The first-order valence-corrected chi connectivity index (χ1v) is 8.73. The largest absolute Gasteiger partial charge is 0.444 e. The fraction of sp³-hybridized carbons (Fsp3) is 0.526. The lowest BCUT2D eigenvalue weighted by molar-refractivity contribution is 0.0240. The minimum atomic E-state index is -0.481. The molecule has 0 atom stereocenters. The second-order valence-corrected chi connectivity index (χ2v) is 7.51. The Hall–Kier alpha value is -2.57. The molecule has 0 bridgehead atoms. The van der Waals surface area contributed by atoms with Gasteiger partial charge in [-0.05, 0) is 45.0 Å². The van der Waals surface area contributed by atoms with Crippen LogP contribution in [0, 0.1) is 0 Å². The average Bonchev–Trinajstić information content (AvgIpc) is 2.58. The molecule has 0 radical (unpaired) electrons. The number of amides is 2. The number of nitrogens with zero attached hydrogens (tertiary/aromatic N) is 4. The fourth-order valence-corrected chi connectivity index (χ4v) is 2.53. The van der Waals surface area contributed by atoms with Crippen LogP contribution in [0.3, 0.4) is 0 Å². The van der Waals surface area contributed by atoms with E-state index in [2.05, 4.69) is 9.89 Å². The maximum atomic E-state index is 12.1. The summed E-state index contributed by atoms with van der Waals surface area (Å²) in [5, 5.41) is 0. The molecule has 1 aliphatic heterocycles. The number of hydrogen-bond acceptors (Lipinski definition) is 4. The van der Waals surface area contributed by atoms with Gasteiger partial charge in [0.25, 0.3) is 5.91 Å². The molecule has 0 unspecified atom stereocenters. The number of carbonyl (C=O) groups is 2. The van der Waals surface area contributed by atoms with Crippen LogP contribution in [0.2, 0.25) is 0 Å². The summed E-state index contributed by atoms with van der Waals surface area (Å²) >= 11 is 0. The third-order valence-corrected chi connectivity index (χ3v) is 3.82. The van der Waals surface area contributed by atoms with Gasteiger partial charge in [-0.25, -0.2) is 4.79 Å². The summed E-state index contributed by atoms with van der Waals surface area (Å²) in [4.78, 5) is 33.6. The summed E-state index contributed by atoms with van der Waals surface area (Å²) < 4.78 is 5.41. The van der Waals surface area contributed by atoms with Gasteiger partial charge in [-0.1, -0.05) is 0 Å². The third kappa shape index (κ3) is 5.75. The molecule has 0 spiro atoms. The molecular weight excluding hydrogens is 332 g/mol. The van der Waals surface area contributed by atoms with Gasteiger partial charge in [0.1, 0.15) is 5.60 Å². The first kappa shape index (κ1) is 19.8. The van der Waals surface area contributed by atoms with E-state index in [-0.39, 0.29) is 12.0 Å². The third-order valence-electron chi connectivity index (χ3n) is 3.82. The standard InChI is InChI=1S/C19H28N4O3/c1-19(2,3)26-18(25)23-12-10-22(11-13-23)16-8-6-15(7-9-16)17(24)20-14-21(4)5/h6-9,14H,10-13H2,1-5H3. The zero-order chi connectivity index (χ0) is 19.3. The molecule has 0 N–H and O–H groups in total. The van der Waals surface area contributed by atoms with Crippen molar-refractivity contribution in [3.8, 4) is 0 Å². The number of carbonyl (C=O) groups excluding carboxylic acids is 2. The molecule has 1 aromatic rings. The SMILES string of the molecule is CN(C)C=NC(=O)c1ccc(N2CCN(C(=O)OC(C)(C)C)CC2)cc1. The molecule has 26 heavy (non-hydrogen) atoms. The van der Waals surface area contributed by atoms with Gasteiger partial charge >= 0.3 is 6.09 Å². The molecular formula is C19H28N4O3. The molecule has 1 fully saturated rings. The quantitative estimate of drug-likeness (QED) is 0.612. The van der Waals surface area contributed by atoms with Gasteiger partial charge in [0.15, 0.2) is 0 Å². The molecule has 0 saturated carbocycles. The van der Waals surface area contributed by atoms with E-state index < -0.39 is 5.60 Å². The van der Waals surface area contributed by atoms with E-state index in [9.17, 15) is 9.59 Å². The monoisotopic (exact) mass is 360 g/mol. The van der Waals surface area contributed by atoms with Gasteiger partial charge in [0.2, 0.25) is 0 Å². The molecule has 142 valence electrons. The van der Waals surface area contributed by atoms with E-state index in [0.29, 0.717) is 18.7 Å². The molecule has 2 amide bonds. The van der Waals surface area contributed by atoms with Crippen molar-refractivity contribution in [3.05, 3.63) is 29.8 Å². The first-order valence-electron chi connectivity index (χ1n) is 8.73. The summed E-state index contributed by atoms with van der Waals surface area (Å²) in [7, 11) is 3.63. The van der Waals surface area contributed by atoms with Crippen molar-refractivity contribution in [1.29, 1.82) is 0 Å². The van der Waals surface area contributed by atoms with Crippen molar-refractivity contribution in [2.45, 2.75) is 26.4 Å². The van der Waals surface area contributed by atoms with Gasteiger partial charge in [-0.2, -0.15) is 4.99 Å². The highest BCUT2D eigenvalue weighted by molar-refractivity contribution is 5.98. The molecule has 1 saturated heterocycles. The smallest absolute Gasteiger partial charge is 0.410 e. The van der Waals surface area contributed by atoms with Crippen LogP contribution in [-0.4, -0.2) is 74.0 Å². The molecule has 7 nitrogen and oxygen atoms in total. The van der Waals surface area contributed by atoms with Crippen LogP contribution in [0.4, 0.5) is 10.5 Å². The predicted molar refractivity (Wildman–Crippen MR) is 103 cm³/mol. The van der Waals surface area contributed by atoms with Crippen LogP contribution in [-0.2, 0) is 4.74 Å². The highest BCUT2D eigenvalue weighted by Gasteiger charge is 2.25. The van der Waals surface area contributed by atoms with Gasteiger partial charge in [-0.15, -0.1) is 0 Å². The Balaban J connectivity index is 1.91. The van der Waals surface area contributed by atoms with Crippen molar-refractivity contribution < 1.29 is 14.3 Å². The van der Waals surface area contributed by atoms with E-state index in [0.717, 1.165) is 18.8 Å². The van der Waals surface area contributed by atoms with Crippen LogP contribution in [0.5, 0.6) is 0 Å². The Morgan fingerprint density at radius 1 is 1.08 bits per heavy atom. The zero-order valence-corrected chi connectivity index (χ0v) is 16.2. The van der Waals surface area contributed by atoms with E-state index in [1.54, 1.807) is 21.9 Å². The Morgan fingerprint density at radius 2 is 1.65 bits per heavy atom. The van der Waals surface area contributed by atoms with E-state index in [1.807, 2.05) is 47.0 Å². The lowest BCUT2D eigenvalue weighted by Crippen LogP contribution is -2.50. The summed E-state index contributed by atoms with van der Waals surface area (Å²) in [6.07, 6.45) is 1.23. The van der Waals surface area contributed by atoms with E-state index >= 15 is 0 Å². The lowest BCUT2D eigenvalue weighted by atomic mass is 10.1. The van der Waals surface area contributed by atoms with Crippen molar-refractivity contribution in [3.63, 3.8) is 0 Å². The lowest BCUT2D eigenvalue weighted by Gasteiger charge is -2.36. The molecule has 2 rings (SSSR count). The molecule has 1 aliphatic rings. The van der Waals surface area contributed by atoms with Crippen LogP contribution in [0.25, 0.3) is 0 Å². The summed E-state index contributed by atoms with van der Waals surface area (Å²) in [5.41, 5.74) is 1.10. The number of ether oxygens (including phenoxy) is 1. The van der Waals surface area contributed by atoms with Crippen molar-refractivity contribution in [2.75, 3.05) is 45.2 Å². The van der Waals surface area contributed by atoms with Crippen LogP contribution >= 0.6 is 0 Å². The number of rotatable bonds is 3. The molecule has 0 aliphatic carbocycles. The summed E-state index contributed by atoms with van der Waals surface area (Å²) in [6.45, 7) is 8.29. The van der Waals surface area contributed by atoms with E-state index in [4.69, 9.17) is 4.74 Å². The predicted octanol–water partition coefficient (Wildman–Crippen LogP) is 2.47. The van der Waals surface area contributed by atoms with Crippen molar-refractivity contribution in [2.24, 2.45) is 4.99 Å². The Morgan fingerprint density at radius 3 is 2.15 bits per heavy atom. The topological polar surface area (TPSA) is 65.5 Å². The second-order valence-electron chi connectivity index (χ2n) is 7.51. The zero-order valence-electron chi connectivity index (χ0n) is 16.2. The number of hydrogen-bond donors (Lipinski definition) is 0. The van der Waals surface area contributed by atoms with Gasteiger partial charge in [0, 0.05) is 51.5 Å². The summed E-state index contributed by atoms with van der Waals surface area (Å²) in [6, 6.07) is 7.40. The minimum Gasteiger partial charge on any atom is -0.444 e. The molecule has 7 heteroatoms. The molecule has 0 aromatic heterocycles. The van der Waals surface area contributed by atoms with Crippen molar-refractivity contribution >= 4 is 24.0 Å². The second kappa shape index (κ2) is 8.21. The normalized spacial score (nSPS) is 15.3. The minimum absolute atomic E-state index is 0.264. The number of aliphatic imine (C=N–C) groups is 1. The van der Waals surface area contributed by atoms with Gasteiger partial charge in [0.05, 0.1) is 6.34 Å². The van der Waals surface area contributed by atoms with Crippen molar-refractivity contribution in [1.82, 2.24) is 9.80 Å². The van der Waals surface area contributed by atoms with Crippen LogP contribution in [0.15, 0.2) is 29.3 Å². The van der Waals surface area contributed by atoms with Gasteiger partial charge < -0.3 is 19.4 Å². The molecule has 1 aromatic carbocycles. The molecule has 1 heterocycles. The van der Waals surface area contributed by atoms with Crippen LogP contribution in [0.1, 0.15) is 31.1 Å². The number of piperazine rings is 1. The maximum absolute atomic E-state index is 12.1. The Bertz CT molecular complexity index is 654. The highest BCUT2D eigenvalue weighted by Crippen LogP contribution is 2.19. The Labute approximate surface area is 155 Å². The number of anilines is 1. The first-order chi connectivity index (χ1) is 12.2. The average molecular weight is 360 g/mol. The summed E-state index contributed by atoms with van der Waals surface area (Å²) in [5.74, 6) is -0.264. The maximum Gasteiger partial charge on any atom is 0.410 e. The fourth-order valence-electron chi connectivity index (χ4n) is 2.53.